The van der Waals surface area contributed by atoms with Gasteiger partial charge in [-0.15, -0.1) is 0 Å². The Kier molecular flexibility index (Phi) is 2.81. The van der Waals surface area contributed by atoms with E-state index in [-0.39, 0.29) is 18.1 Å². The molecule has 0 bridgehead atoms. The monoisotopic (exact) mass is 234 g/mol. The van der Waals surface area contributed by atoms with Gasteiger partial charge in [0.25, 0.3) is 0 Å². The third-order valence-corrected chi connectivity index (χ3v) is 3.89. The van der Waals surface area contributed by atoms with E-state index in [0.29, 0.717) is 6.61 Å². The number of para-hydroxylation sites is 1. The summed E-state index contributed by atoms with van der Waals surface area (Å²) in [7, 11) is 0. The number of hydrogen-bond acceptors (Lipinski definition) is 3. The predicted molar refractivity (Wildman–Crippen MR) is 64.1 cm³/mol. The number of ether oxygens (including phenoxy) is 2. The molecule has 2 aliphatic rings. The summed E-state index contributed by atoms with van der Waals surface area (Å²) in [4.78, 5) is 0. The van der Waals surface area contributed by atoms with Gasteiger partial charge in [0.05, 0.1) is 13.2 Å². The van der Waals surface area contributed by atoms with Gasteiger partial charge in [0, 0.05) is 18.4 Å². The zero-order chi connectivity index (χ0) is 11.7. The summed E-state index contributed by atoms with van der Waals surface area (Å²) < 4.78 is 11.4. The summed E-state index contributed by atoms with van der Waals surface area (Å²) in [5, 5.41) is 9.56. The molecule has 1 aromatic carbocycles. The van der Waals surface area contributed by atoms with Crippen LogP contribution in [0.2, 0.25) is 0 Å². The molecule has 2 aliphatic heterocycles. The van der Waals surface area contributed by atoms with E-state index < -0.39 is 0 Å². The molecule has 2 unspecified atom stereocenters. The maximum absolute atomic E-state index is 9.56. The van der Waals surface area contributed by atoms with Crippen molar-refractivity contribution >= 4 is 0 Å². The first-order valence-corrected chi connectivity index (χ1v) is 6.25. The first-order valence-electron chi connectivity index (χ1n) is 6.25. The maximum Gasteiger partial charge on any atom is 0.123 e. The first-order chi connectivity index (χ1) is 8.31. The normalized spacial score (nSPS) is 31.2. The second-order valence-corrected chi connectivity index (χ2v) is 5.22. The molecule has 2 heterocycles. The molecule has 92 valence electrons. The van der Waals surface area contributed by atoms with Crippen LogP contribution in [0.15, 0.2) is 24.3 Å². The van der Waals surface area contributed by atoms with Crippen LogP contribution in [-0.4, -0.2) is 31.0 Å². The van der Waals surface area contributed by atoms with Crippen LogP contribution in [0, 0.1) is 5.41 Å². The predicted octanol–water partition coefficient (Wildman–Crippen LogP) is 1.78. The van der Waals surface area contributed by atoms with Crippen LogP contribution in [0.1, 0.15) is 18.4 Å². The lowest BCUT2D eigenvalue weighted by Crippen LogP contribution is -2.32. The number of benzene rings is 1. The standard InChI is InChI=1S/C14H18O3/c15-9-14(5-6-16-10-14)8-12-7-11-3-1-2-4-13(11)17-12/h1-4,12,15H,5-10H2. The van der Waals surface area contributed by atoms with Crippen LogP contribution >= 0.6 is 0 Å². The van der Waals surface area contributed by atoms with Crippen LogP contribution in [0.25, 0.3) is 0 Å². The fourth-order valence-electron chi connectivity index (χ4n) is 2.85. The lowest BCUT2D eigenvalue weighted by Gasteiger charge is -2.27. The highest BCUT2D eigenvalue weighted by Gasteiger charge is 2.39. The Morgan fingerprint density at radius 1 is 1.35 bits per heavy atom. The van der Waals surface area contributed by atoms with Gasteiger partial charge >= 0.3 is 0 Å². The van der Waals surface area contributed by atoms with Gasteiger partial charge in [-0.3, -0.25) is 0 Å². The Morgan fingerprint density at radius 3 is 2.94 bits per heavy atom. The molecule has 1 saturated heterocycles. The van der Waals surface area contributed by atoms with Gasteiger partial charge < -0.3 is 14.6 Å². The minimum atomic E-state index is -0.0767. The minimum absolute atomic E-state index is 0.0767. The van der Waals surface area contributed by atoms with E-state index in [0.717, 1.165) is 31.6 Å². The topological polar surface area (TPSA) is 38.7 Å². The van der Waals surface area contributed by atoms with E-state index in [1.165, 1.54) is 5.56 Å². The molecule has 0 aliphatic carbocycles. The molecule has 3 nitrogen and oxygen atoms in total. The Morgan fingerprint density at radius 2 is 2.24 bits per heavy atom. The van der Waals surface area contributed by atoms with Crippen LogP contribution in [0.3, 0.4) is 0 Å². The molecule has 1 N–H and O–H groups in total. The van der Waals surface area contributed by atoms with E-state index in [4.69, 9.17) is 9.47 Å². The zero-order valence-electron chi connectivity index (χ0n) is 9.89. The van der Waals surface area contributed by atoms with E-state index in [1.54, 1.807) is 0 Å². The quantitative estimate of drug-likeness (QED) is 0.866. The van der Waals surface area contributed by atoms with Gasteiger partial charge in [-0.05, 0) is 24.5 Å². The average molecular weight is 234 g/mol. The average Bonchev–Trinajstić information content (AvgIpc) is 2.95. The van der Waals surface area contributed by atoms with E-state index >= 15 is 0 Å². The van der Waals surface area contributed by atoms with Crippen molar-refractivity contribution in [2.24, 2.45) is 5.41 Å². The summed E-state index contributed by atoms with van der Waals surface area (Å²) in [6.45, 7) is 1.63. The van der Waals surface area contributed by atoms with Crippen molar-refractivity contribution in [3.63, 3.8) is 0 Å². The van der Waals surface area contributed by atoms with E-state index in [1.807, 2.05) is 18.2 Å². The molecule has 3 rings (SSSR count). The number of hydrogen-bond donors (Lipinski definition) is 1. The highest BCUT2D eigenvalue weighted by atomic mass is 16.5. The van der Waals surface area contributed by atoms with Crippen LogP contribution < -0.4 is 4.74 Å². The smallest absolute Gasteiger partial charge is 0.123 e. The molecule has 0 amide bonds. The molecule has 1 fully saturated rings. The van der Waals surface area contributed by atoms with Gasteiger partial charge in [-0.1, -0.05) is 18.2 Å². The molecule has 0 aromatic heterocycles. The molecule has 1 aromatic rings. The van der Waals surface area contributed by atoms with Gasteiger partial charge in [0.15, 0.2) is 0 Å². The minimum Gasteiger partial charge on any atom is -0.490 e. The summed E-state index contributed by atoms with van der Waals surface area (Å²) >= 11 is 0. The Hall–Kier alpha value is -1.06. The van der Waals surface area contributed by atoms with Crippen molar-refractivity contribution in [3.05, 3.63) is 29.8 Å². The fourth-order valence-corrected chi connectivity index (χ4v) is 2.85. The number of aliphatic hydroxyl groups excluding tert-OH is 1. The first kappa shape index (κ1) is 11.1. The third kappa shape index (κ3) is 2.05. The molecular formula is C14H18O3. The fraction of sp³-hybridized carbons (Fsp3) is 0.571. The third-order valence-electron chi connectivity index (χ3n) is 3.89. The second-order valence-electron chi connectivity index (χ2n) is 5.22. The van der Waals surface area contributed by atoms with Crippen LogP contribution in [0.4, 0.5) is 0 Å². The van der Waals surface area contributed by atoms with Crippen molar-refractivity contribution < 1.29 is 14.6 Å². The molecule has 2 atom stereocenters. The molecular weight excluding hydrogens is 216 g/mol. The highest BCUT2D eigenvalue weighted by molar-refractivity contribution is 5.37. The van der Waals surface area contributed by atoms with E-state index in [2.05, 4.69) is 6.07 Å². The Labute approximate surface area is 101 Å². The van der Waals surface area contributed by atoms with Crippen molar-refractivity contribution in [1.82, 2.24) is 0 Å². The number of rotatable bonds is 3. The second kappa shape index (κ2) is 4.31. The molecule has 0 spiro atoms. The lowest BCUT2D eigenvalue weighted by molar-refractivity contribution is 0.0533. The maximum atomic E-state index is 9.56. The molecule has 17 heavy (non-hydrogen) atoms. The van der Waals surface area contributed by atoms with Crippen molar-refractivity contribution in [1.29, 1.82) is 0 Å². The van der Waals surface area contributed by atoms with Crippen molar-refractivity contribution in [2.45, 2.75) is 25.4 Å². The van der Waals surface area contributed by atoms with Crippen molar-refractivity contribution in [3.8, 4) is 5.75 Å². The summed E-state index contributed by atoms with van der Waals surface area (Å²) in [6.07, 6.45) is 2.98. The summed E-state index contributed by atoms with van der Waals surface area (Å²) in [6, 6.07) is 8.19. The Balaban J connectivity index is 1.69. The van der Waals surface area contributed by atoms with E-state index in [9.17, 15) is 5.11 Å². The number of fused-ring (bicyclic) bond motifs is 1. The van der Waals surface area contributed by atoms with Crippen molar-refractivity contribution in [2.75, 3.05) is 19.8 Å². The largest absolute Gasteiger partial charge is 0.490 e. The number of aliphatic hydroxyl groups is 1. The highest BCUT2D eigenvalue weighted by Crippen LogP contribution is 2.38. The molecule has 0 saturated carbocycles. The van der Waals surface area contributed by atoms with Crippen LogP contribution in [-0.2, 0) is 11.2 Å². The summed E-state index contributed by atoms with van der Waals surface area (Å²) in [5.74, 6) is 1.00. The van der Waals surface area contributed by atoms with Gasteiger partial charge in [-0.2, -0.15) is 0 Å². The van der Waals surface area contributed by atoms with Gasteiger partial charge in [-0.25, -0.2) is 0 Å². The summed E-state index contributed by atoms with van der Waals surface area (Å²) in [5.41, 5.74) is 1.21. The SMILES string of the molecule is OCC1(CC2Cc3ccccc3O2)CCOC1. The molecule has 0 radical (unpaired) electrons. The zero-order valence-corrected chi connectivity index (χ0v) is 9.89. The molecule has 3 heteroatoms. The van der Waals surface area contributed by atoms with Gasteiger partial charge in [0.2, 0.25) is 0 Å². The van der Waals surface area contributed by atoms with Gasteiger partial charge in [0.1, 0.15) is 11.9 Å². The van der Waals surface area contributed by atoms with Crippen LogP contribution in [0.5, 0.6) is 5.75 Å². The Bertz CT molecular complexity index is 371. The lowest BCUT2D eigenvalue weighted by atomic mass is 9.81.